The van der Waals surface area contributed by atoms with E-state index in [0.717, 1.165) is 18.9 Å². The van der Waals surface area contributed by atoms with Crippen molar-refractivity contribution in [3.8, 4) is 0 Å². The molecule has 0 bridgehead atoms. The summed E-state index contributed by atoms with van der Waals surface area (Å²) in [6.07, 6.45) is 10.2. The van der Waals surface area contributed by atoms with Crippen molar-refractivity contribution in [2.45, 2.75) is 33.1 Å². The largest absolute Gasteiger partial charge is 0.330 e. The first-order valence-corrected chi connectivity index (χ1v) is 5.90. The zero-order valence-electron chi connectivity index (χ0n) is 10.00. The average molecular weight is 208 g/mol. The van der Waals surface area contributed by atoms with Crippen LogP contribution in [0.2, 0.25) is 0 Å². The van der Waals surface area contributed by atoms with Crippen molar-refractivity contribution in [2.24, 2.45) is 22.8 Å². The second-order valence-electron chi connectivity index (χ2n) is 5.02. The van der Waals surface area contributed by atoms with Crippen molar-refractivity contribution in [3.05, 3.63) is 23.8 Å². The number of rotatable bonds is 5. The normalized spacial score (nSPS) is 25.8. The Hall–Kier alpha value is -0.600. The van der Waals surface area contributed by atoms with Gasteiger partial charge in [0, 0.05) is 18.5 Å². The third kappa shape index (κ3) is 3.47. The van der Waals surface area contributed by atoms with Crippen LogP contribution in [-0.4, -0.2) is 13.1 Å². The summed E-state index contributed by atoms with van der Waals surface area (Å²) < 4.78 is 0. The number of hydrogen-bond donors (Lipinski definition) is 2. The van der Waals surface area contributed by atoms with Gasteiger partial charge >= 0.3 is 0 Å². The maximum atomic E-state index is 5.90. The molecule has 0 saturated heterocycles. The molecule has 0 spiro atoms. The van der Waals surface area contributed by atoms with Gasteiger partial charge in [0.15, 0.2) is 0 Å². The Morgan fingerprint density at radius 3 is 2.53 bits per heavy atom. The first-order chi connectivity index (χ1) is 7.12. The molecule has 0 aliphatic heterocycles. The molecule has 1 atom stereocenters. The fraction of sp³-hybridized carbons (Fsp3) is 0.692. The Labute approximate surface area is 93.4 Å². The topological polar surface area (TPSA) is 52.0 Å². The molecule has 0 amide bonds. The molecule has 0 aromatic rings. The average Bonchev–Trinajstić information content (AvgIpc) is 2.27. The standard InChI is InChI=1S/C13H24N2/c1-11(2)3-6-13(10-15)7-4-12(9-14)5-8-13/h4-5,7,11H,3,6,8-10,14-15H2,1-2H3. The summed E-state index contributed by atoms with van der Waals surface area (Å²) in [5, 5.41) is 0. The fourth-order valence-electron chi connectivity index (χ4n) is 1.92. The molecule has 0 heterocycles. The Morgan fingerprint density at radius 1 is 1.40 bits per heavy atom. The highest BCUT2D eigenvalue weighted by molar-refractivity contribution is 5.27. The van der Waals surface area contributed by atoms with Crippen LogP contribution in [0.25, 0.3) is 0 Å². The lowest BCUT2D eigenvalue weighted by Crippen LogP contribution is -2.30. The van der Waals surface area contributed by atoms with Crippen molar-refractivity contribution in [1.29, 1.82) is 0 Å². The Morgan fingerprint density at radius 2 is 2.13 bits per heavy atom. The van der Waals surface area contributed by atoms with E-state index in [0.29, 0.717) is 6.54 Å². The molecule has 0 radical (unpaired) electrons. The van der Waals surface area contributed by atoms with Crippen LogP contribution in [0.1, 0.15) is 33.1 Å². The quantitative estimate of drug-likeness (QED) is 0.728. The van der Waals surface area contributed by atoms with Gasteiger partial charge in [0.2, 0.25) is 0 Å². The van der Waals surface area contributed by atoms with E-state index in [-0.39, 0.29) is 5.41 Å². The van der Waals surface area contributed by atoms with Gasteiger partial charge in [-0.15, -0.1) is 0 Å². The minimum Gasteiger partial charge on any atom is -0.330 e. The number of allylic oxidation sites excluding steroid dienone is 1. The lowest BCUT2D eigenvalue weighted by molar-refractivity contribution is 0.327. The summed E-state index contributed by atoms with van der Waals surface area (Å²) in [7, 11) is 0. The third-order valence-corrected chi connectivity index (χ3v) is 3.28. The maximum absolute atomic E-state index is 5.90. The van der Waals surface area contributed by atoms with Gasteiger partial charge in [-0.3, -0.25) is 0 Å². The molecule has 1 rings (SSSR count). The van der Waals surface area contributed by atoms with E-state index >= 15 is 0 Å². The summed E-state index contributed by atoms with van der Waals surface area (Å²) >= 11 is 0. The highest BCUT2D eigenvalue weighted by atomic mass is 14.6. The SMILES string of the molecule is CC(C)CCC1(CN)C=CC(CN)=CC1. The summed E-state index contributed by atoms with van der Waals surface area (Å²) in [5.74, 6) is 0.752. The van der Waals surface area contributed by atoms with Crippen LogP contribution < -0.4 is 11.5 Å². The van der Waals surface area contributed by atoms with E-state index < -0.39 is 0 Å². The molecule has 0 aromatic carbocycles. The van der Waals surface area contributed by atoms with Crippen LogP contribution in [0.15, 0.2) is 23.8 Å². The van der Waals surface area contributed by atoms with Crippen molar-refractivity contribution < 1.29 is 0 Å². The van der Waals surface area contributed by atoms with E-state index in [4.69, 9.17) is 11.5 Å². The Kier molecular flexibility index (Phi) is 4.55. The van der Waals surface area contributed by atoms with Gasteiger partial charge in [-0.25, -0.2) is 0 Å². The molecular formula is C13H24N2. The van der Waals surface area contributed by atoms with Crippen LogP contribution in [-0.2, 0) is 0 Å². The first-order valence-electron chi connectivity index (χ1n) is 5.90. The molecule has 0 aromatic heterocycles. The van der Waals surface area contributed by atoms with Gasteiger partial charge in [0.25, 0.3) is 0 Å². The molecule has 86 valence electrons. The molecule has 15 heavy (non-hydrogen) atoms. The predicted octanol–water partition coefficient (Wildman–Crippen LogP) is 2.21. The molecular weight excluding hydrogens is 184 g/mol. The molecule has 0 saturated carbocycles. The summed E-state index contributed by atoms with van der Waals surface area (Å²) in [5.41, 5.74) is 12.9. The van der Waals surface area contributed by atoms with Crippen LogP contribution in [0.3, 0.4) is 0 Å². The zero-order chi connectivity index (χ0) is 11.3. The van der Waals surface area contributed by atoms with E-state index in [1.165, 1.54) is 18.4 Å². The Bertz CT molecular complexity index is 253. The van der Waals surface area contributed by atoms with E-state index in [1.54, 1.807) is 0 Å². The monoisotopic (exact) mass is 208 g/mol. The van der Waals surface area contributed by atoms with Gasteiger partial charge in [0.05, 0.1) is 0 Å². The van der Waals surface area contributed by atoms with Crippen molar-refractivity contribution in [3.63, 3.8) is 0 Å². The minimum atomic E-state index is 0.197. The van der Waals surface area contributed by atoms with Crippen molar-refractivity contribution in [1.82, 2.24) is 0 Å². The first kappa shape index (κ1) is 12.5. The Balaban J connectivity index is 2.58. The van der Waals surface area contributed by atoms with Crippen molar-refractivity contribution in [2.75, 3.05) is 13.1 Å². The fourth-order valence-corrected chi connectivity index (χ4v) is 1.92. The maximum Gasteiger partial charge on any atom is 0.0174 e. The predicted molar refractivity (Wildman–Crippen MR) is 66.5 cm³/mol. The highest BCUT2D eigenvalue weighted by Gasteiger charge is 2.26. The smallest absolute Gasteiger partial charge is 0.0174 e. The molecule has 4 N–H and O–H groups in total. The van der Waals surface area contributed by atoms with Gasteiger partial charge in [-0.05, 0) is 24.3 Å². The van der Waals surface area contributed by atoms with E-state index in [9.17, 15) is 0 Å². The molecule has 2 nitrogen and oxygen atoms in total. The molecule has 0 fully saturated rings. The highest BCUT2D eigenvalue weighted by Crippen LogP contribution is 2.34. The lowest BCUT2D eigenvalue weighted by Gasteiger charge is -2.31. The van der Waals surface area contributed by atoms with Crippen LogP contribution in [0.4, 0.5) is 0 Å². The van der Waals surface area contributed by atoms with Crippen LogP contribution >= 0.6 is 0 Å². The molecule has 1 aliphatic rings. The van der Waals surface area contributed by atoms with Gasteiger partial charge in [-0.1, -0.05) is 38.5 Å². The summed E-state index contributed by atoms with van der Waals surface area (Å²) in [6, 6.07) is 0. The lowest BCUT2D eigenvalue weighted by atomic mass is 9.75. The zero-order valence-corrected chi connectivity index (χ0v) is 10.00. The van der Waals surface area contributed by atoms with Gasteiger partial charge < -0.3 is 11.5 Å². The van der Waals surface area contributed by atoms with Gasteiger partial charge in [-0.2, -0.15) is 0 Å². The number of nitrogens with two attached hydrogens (primary N) is 2. The second kappa shape index (κ2) is 5.47. The third-order valence-electron chi connectivity index (χ3n) is 3.28. The minimum absolute atomic E-state index is 0.197. The molecule has 1 unspecified atom stereocenters. The molecule has 1 aliphatic carbocycles. The summed E-state index contributed by atoms with van der Waals surface area (Å²) in [4.78, 5) is 0. The van der Waals surface area contributed by atoms with Crippen LogP contribution in [0, 0.1) is 11.3 Å². The van der Waals surface area contributed by atoms with Crippen molar-refractivity contribution >= 4 is 0 Å². The van der Waals surface area contributed by atoms with E-state index in [1.807, 2.05) is 0 Å². The second-order valence-corrected chi connectivity index (χ2v) is 5.02. The summed E-state index contributed by atoms with van der Waals surface area (Å²) in [6.45, 7) is 5.90. The number of hydrogen-bond acceptors (Lipinski definition) is 2. The van der Waals surface area contributed by atoms with Gasteiger partial charge in [0.1, 0.15) is 0 Å². The molecule has 2 heteroatoms. The van der Waals surface area contributed by atoms with Crippen LogP contribution in [0.5, 0.6) is 0 Å². The van der Waals surface area contributed by atoms with E-state index in [2.05, 4.69) is 32.1 Å².